The molecule has 0 aliphatic rings. The van der Waals surface area contributed by atoms with Crippen LogP contribution in [0.15, 0.2) is 6.07 Å². The fraction of sp³-hybridized carbons (Fsp3) is 0.600. The van der Waals surface area contributed by atoms with Crippen molar-refractivity contribution in [1.82, 2.24) is 15.3 Å². The fourth-order valence-corrected chi connectivity index (χ4v) is 1.04. The predicted molar refractivity (Wildman–Crippen MR) is 57.4 cm³/mol. The van der Waals surface area contributed by atoms with Gasteiger partial charge in [0, 0.05) is 18.3 Å². The van der Waals surface area contributed by atoms with Gasteiger partial charge in [-0.15, -0.1) is 0 Å². The first-order valence-electron chi connectivity index (χ1n) is 5.02. The van der Waals surface area contributed by atoms with E-state index in [1.807, 2.05) is 20.9 Å². The molecule has 5 nitrogen and oxygen atoms in total. The highest BCUT2D eigenvalue weighted by Crippen LogP contribution is 2.13. The lowest BCUT2D eigenvalue weighted by molar-refractivity contribution is 0.276. The minimum Gasteiger partial charge on any atom is -0.478 e. The molecule has 0 saturated carbocycles. The molecule has 1 aromatic heterocycles. The van der Waals surface area contributed by atoms with E-state index in [0.717, 1.165) is 12.2 Å². The van der Waals surface area contributed by atoms with E-state index in [4.69, 9.17) is 9.47 Å². The monoisotopic (exact) mass is 211 g/mol. The van der Waals surface area contributed by atoms with E-state index in [0.29, 0.717) is 25.1 Å². The van der Waals surface area contributed by atoms with Crippen LogP contribution >= 0.6 is 0 Å². The molecule has 0 atom stereocenters. The normalized spacial score (nSPS) is 10.1. The molecule has 0 unspecified atom stereocenters. The van der Waals surface area contributed by atoms with Gasteiger partial charge in [-0.25, -0.2) is 4.98 Å². The van der Waals surface area contributed by atoms with Crippen molar-refractivity contribution in [1.29, 1.82) is 0 Å². The topological polar surface area (TPSA) is 56.3 Å². The molecule has 5 heteroatoms. The SMILES string of the molecule is CCOc1cc(C)nc(OCCNC)n1. The molecular weight excluding hydrogens is 194 g/mol. The van der Waals surface area contributed by atoms with Crippen LogP contribution in [0.2, 0.25) is 0 Å². The van der Waals surface area contributed by atoms with Crippen molar-refractivity contribution >= 4 is 0 Å². The van der Waals surface area contributed by atoms with Crippen molar-refractivity contribution in [3.8, 4) is 11.9 Å². The molecule has 0 aliphatic heterocycles. The number of nitrogens with zero attached hydrogens (tertiary/aromatic N) is 2. The van der Waals surface area contributed by atoms with Crippen LogP contribution in [-0.4, -0.2) is 36.8 Å². The van der Waals surface area contributed by atoms with Crippen LogP contribution < -0.4 is 14.8 Å². The zero-order valence-corrected chi connectivity index (χ0v) is 9.41. The van der Waals surface area contributed by atoms with E-state index in [1.54, 1.807) is 6.07 Å². The quantitative estimate of drug-likeness (QED) is 0.705. The summed E-state index contributed by atoms with van der Waals surface area (Å²) in [6, 6.07) is 2.16. The van der Waals surface area contributed by atoms with Crippen molar-refractivity contribution in [2.45, 2.75) is 13.8 Å². The Hall–Kier alpha value is -1.36. The van der Waals surface area contributed by atoms with Gasteiger partial charge in [0.2, 0.25) is 5.88 Å². The van der Waals surface area contributed by atoms with Gasteiger partial charge in [-0.1, -0.05) is 0 Å². The molecule has 0 spiro atoms. The molecule has 1 N–H and O–H groups in total. The third kappa shape index (κ3) is 4.12. The van der Waals surface area contributed by atoms with Gasteiger partial charge in [0.05, 0.1) is 6.61 Å². The highest BCUT2D eigenvalue weighted by Gasteiger charge is 2.03. The average molecular weight is 211 g/mol. The second-order valence-electron chi connectivity index (χ2n) is 3.02. The molecule has 0 amide bonds. The largest absolute Gasteiger partial charge is 0.478 e. The van der Waals surface area contributed by atoms with E-state index in [1.165, 1.54) is 0 Å². The standard InChI is InChI=1S/C10H17N3O2/c1-4-14-9-7-8(2)12-10(13-9)15-6-5-11-3/h7,11H,4-6H2,1-3H3. The minimum absolute atomic E-state index is 0.369. The third-order valence-corrected chi connectivity index (χ3v) is 1.69. The molecule has 0 radical (unpaired) electrons. The number of likely N-dealkylation sites (N-methyl/N-ethyl adjacent to an activating group) is 1. The summed E-state index contributed by atoms with van der Waals surface area (Å²) in [5.41, 5.74) is 0.841. The van der Waals surface area contributed by atoms with E-state index >= 15 is 0 Å². The lowest BCUT2D eigenvalue weighted by Crippen LogP contribution is -2.17. The van der Waals surface area contributed by atoms with E-state index in [2.05, 4.69) is 15.3 Å². The summed E-state index contributed by atoms with van der Waals surface area (Å²) in [4.78, 5) is 8.26. The Morgan fingerprint density at radius 2 is 2.13 bits per heavy atom. The van der Waals surface area contributed by atoms with Crippen LogP contribution in [0.5, 0.6) is 11.9 Å². The summed E-state index contributed by atoms with van der Waals surface area (Å²) in [6.07, 6.45) is 0. The highest BCUT2D eigenvalue weighted by atomic mass is 16.5. The number of aryl methyl sites for hydroxylation is 1. The van der Waals surface area contributed by atoms with Gasteiger partial charge in [-0.2, -0.15) is 4.98 Å². The Balaban J connectivity index is 2.62. The fourth-order valence-electron chi connectivity index (χ4n) is 1.04. The Labute approximate surface area is 89.8 Å². The summed E-state index contributed by atoms with van der Waals surface area (Å²) in [6.45, 7) is 5.70. The van der Waals surface area contributed by atoms with Crippen molar-refractivity contribution < 1.29 is 9.47 Å². The van der Waals surface area contributed by atoms with Gasteiger partial charge < -0.3 is 14.8 Å². The van der Waals surface area contributed by atoms with Crippen LogP contribution in [-0.2, 0) is 0 Å². The molecule has 1 rings (SSSR count). The van der Waals surface area contributed by atoms with E-state index in [9.17, 15) is 0 Å². The number of rotatable bonds is 6. The molecule has 1 heterocycles. The summed E-state index contributed by atoms with van der Waals surface area (Å²) >= 11 is 0. The van der Waals surface area contributed by atoms with Crippen molar-refractivity contribution in [3.05, 3.63) is 11.8 Å². The molecule has 0 bridgehead atoms. The first kappa shape index (κ1) is 11.7. The van der Waals surface area contributed by atoms with Gasteiger partial charge in [-0.3, -0.25) is 0 Å². The van der Waals surface area contributed by atoms with E-state index in [-0.39, 0.29) is 0 Å². The number of aromatic nitrogens is 2. The minimum atomic E-state index is 0.369. The van der Waals surface area contributed by atoms with Gasteiger partial charge in [0.15, 0.2) is 0 Å². The number of hydrogen-bond acceptors (Lipinski definition) is 5. The zero-order chi connectivity index (χ0) is 11.1. The number of nitrogens with one attached hydrogen (secondary N) is 1. The molecular formula is C10H17N3O2. The Kier molecular flexibility index (Phi) is 4.83. The van der Waals surface area contributed by atoms with Gasteiger partial charge >= 0.3 is 6.01 Å². The molecule has 84 valence electrons. The molecule has 15 heavy (non-hydrogen) atoms. The maximum atomic E-state index is 5.35. The van der Waals surface area contributed by atoms with Crippen LogP contribution in [0.4, 0.5) is 0 Å². The van der Waals surface area contributed by atoms with Crippen LogP contribution in [0.3, 0.4) is 0 Å². The second-order valence-corrected chi connectivity index (χ2v) is 3.02. The van der Waals surface area contributed by atoms with Gasteiger partial charge in [0.25, 0.3) is 0 Å². The maximum absolute atomic E-state index is 5.35. The first-order chi connectivity index (χ1) is 7.26. The maximum Gasteiger partial charge on any atom is 0.319 e. The smallest absolute Gasteiger partial charge is 0.319 e. The summed E-state index contributed by atoms with van der Waals surface area (Å²) in [5.74, 6) is 0.560. The Morgan fingerprint density at radius 1 is 1.33 bits per heavy atom. The van der Waals surface area contributed by atoms with Crippen LogP contribution in [0, 0.1) is 6.92 Å². The van der Waals surface area contributed by atoms with Crippen LogP contribution in [0.25, 0.3) is 0 Å². The van der Waals surface area contributed by atoms with Gasteiger partial charge in [0.1, 0.15) is 6.61 Å². The average Bonchev–Trinajstić information content (AvgIpc) is 2.18. The lowest BCUT2D eigenvalue weighted by atomic mass is 10.4. The molecule has 0 aliphatic carbocycles. The number of hydrogen-bond donors (Lipinski definition) is 1. The first-order valence-corrected chi connectivity index (χ1v) is 5.02. The zero-order valence-electron chi connectivity index (χ0n) is 9.41. The Morgan fingerprint density at radius 3 is 2.80 bits per heavy atom. The molecule has 0 aromatic carbocycles. The summed E-state index contributed by atoms with van der Waals surface area (Å²) in [7, 11) is 1.87. The second kappa shape index (κ2) is 6.19. The predicted octanol–water partition coefficient (Wildman–Crippen LogP) is 0.782. The summed E-state index contributed by atoms with van der Waals surface area (Å²) < 4.78 is 10.6. The summed E-state index contributed by atoms with van der Waals surface area (Å²) in [5, 5.41) is 2.98. The van der Waals surface area contributed by atoms with Crippen molar-refractivity contribution in [2.24, 2.45) is 0 Å². The third-order valence-electron chi connectivity index (χ3n) is 1.69. The van der Waals surface area contributed by atoms with Crippen molar-refractivity contribution in [2.75, 3.05) is 26.8 Å². The van der Waals surface area contributed by atoms with E-state index < -0.39 is 0 Å². The molecule has 1 aromatic rings. The molecule has 0 saturated heterocycles. The number of ether oxygens (including phenoxy) is 2. The van der Waals surface area contributed by atoms with Gasteiger partial charge in [-0.05, 0) is 20.9 Å². The Bertz CT molecular complexity index is 305. The highest BCUT2D eigenvalue weighted by molar-refractivity contribution is 5.17. The van der Waals surface area contributed by atoms with Crippen LogP contribution in [0.1, 0.15) is 12.6 Å². The molecule has 0 fully saturated rings. The van der Waals surface area contributed by atoms with Crippen molar-refractivity contribution in [3.63, 3.8) is 0 Å². The lowest BCUT2D eigenvalue weighted by Gasteiger charge is -2.07.